The molecule has 13 heteroatoms. The quantitative estimate of drug-likeness (QED) is 0.249. The largest absolute Gasteiger partial charge is 0.421 e. The van der Waals surface area contributed by atoms with Crippen molar-refractivity contribution in [2.24, 2.45) is 0 Å². The van der Waals surface area contributed by atoms with E-state index in [1.54, 1.807) is 24.3 Å². The Hall–Kier alpha value is -4.52. The van der Waals surface area contributed by atoms with Gasteiger partial charge in [-0.05, 0) is 55.8 Å². The number of hydrogen-bond donors (Lipinski definition) is 4. The van der Waals surface area contributed by atoms with E-state index in [9.17, 15) is 27.6 Å². The van der Waals surface area contributed by atoms with Crippen LogP contribution in [-0.2, 0) is 15.8 Å². The monoisotopic (exact) mass is 541 g/mol. The van der Waals surface area contributed by atoms with Crippen LogP contribution in [0.2, 0.25) is 0 Å². The van der Waals surface area contributed by atoms with Gasteiger partial charge in [-0.1, -0.05) is 12.1 Å². The van der Waals surface area contributed by atoms with Crippen molar-refractivity contribution in [2.45, 2.75) is 25.1 Å². The summed E-state index contributed by atoms with van der Waals surface area (Å²) in [5, 5.41) is 11.3. The van der Waals surface area contributed by atoms with E-state index in [4.69, 9.17) is 0 Å². The summed E-state index contributed by atoms with van der Waals surface area (Å²) >= 11 is 0. The molecule has 3 aromatic rings. The molecule has 0 unspecified atom stereocenters. The lowest BCUT2D eigenvalue weighted by atomic mass is 10.1. The molecule has 1 fully saturated rings. The number of para-hydroxylation sites is 1. The summed E-state index contributed by atoms with van der Waals surface area (Å²) in [5.41, 5.74) is -0.270. The fourth-order valence-corrected chi connectivity index (χ4v) is 3.88. The van der Waals surface area contributed by atoms with E-state index < -0.39 is 29.2 Å². The highest BCUT2D eigenvalue weighted by Crippen LogP contribution is 2.36. The number of aromatic nitrogens is 2. The average Bonchev–Trinajstić information content (AvgIpc) is 3.44. The van der Waals surface area contributed by atoms with Gasteiger partial charge in [0.25, 0.3) is 11.7 Å². The standard InChI is InChI=1S/C26H26F3N7O3/c1-36(2)24(39)21(37)17-6-3-4-7-19(17)34-22-18(26(27,28)29)14-31-25(35-22)33-16-11-9-15(10-12-16)32-23(38)20-8-5-13-30-20/h3-4,6-7,9-12,14,20,30H,5,8,13H2,1-2H3,(H,32,38)(H2,31,33,34,35)/t20-/m0/s1. The van der Waals surface area contributed by atoms with Gasteiger partial charge in [0.05, 0.1) is 17.3 Å². The minimum Gasteiger partial charge on any atom is -0.342 e. The van der Waals surface area contributed by atoms with Gasteiger partial charge in [-0.25, -0.2) is 4.98 Å². The van der Waals surface area contributed by atoms with E-state index in [0.29, 0.717) is 17.6 Å². The highest BCUT2D eigenvalue weighted by Gasteiger charge is 2.36. The molecule has 0 spiro atoms. The third kappa shape index (κ3) is 6.68. The first-order chi connectivity index (χ1) is 18.5. The van der Waals surface area contributed by atoms with Crippen molar-refractivity contribution >= 4 is 46.4 Å². The van der Waals surface area contributed by atoms with Gasteiger partial charge in [0.2, 0.25) is 11.9 Å². The molecule has 39 heavy (non-hydrogen) atoms. The number of amides is 2. The van der Waals surface area contributed by atoms with Crippen molar-refractivity contribution in [1.29, 1.82) is 0 Å². The third-order valence-electron chi connectivity index (χ3n) is 5.90. The van der Waals surface area contributed by atoms with Gasteiger partial charge >= 0.3 is 6.18 Å². The molecule has 1 saturated heterocycles. The summed E-state index contributed by atoms with van der Waals surface area (Å²) in [5.74, 6) is -2.61. The molecule has 0 bridgehead atoms. The van der Waals surface area contributed by atoms with Crippen molar-refractivity contribution in [3.05, 3.63) is 65.9 Å². The summed E-state index contributed by atoms with van der Waals surface area (Å²) in [4.78, 5) is 46.0. The number of hydrogen-bond acceptors (Lipinski definition) is 8. The molecular weight excluding hydrogens is 515 g/mol. The van der Waals surface area contributed by atoms with Gasteiger partial charge in [0.1, 0.15) is 11.4 Å². The maximum atomic E-state index is 13.8. The van der Waals surface area contributed by atoms with Gasteiger partial charge in [-0.2, -0.15) is 18.2 Å². The summed E-state index contributed by atoms with van der Waals surface area (Å²) in [6, 6.07) is 12.0. The second-order valence-corrected chi connectivity index (χ2v) is 8.99. The van der Waals surface area contributed by atoms with Crippen molar-refractivity contribution in [3.63, 3.8) is 0 Å². The molecular formula is C26H26F3N7O3. The maximum Gasteiger partial charge on any atom is 0.421 e. The molecule has 204 valence electrons. The van der Waals surface area contributed by atoms with Crippen LogP contribution in [0.5, 0.6) is 0 Å². The van der Waals surface area contributed by atoms with Crippen LogP contribution < -0.4 is 21.3 Å². The zero-order valence-corrected chi connectivity index (χ0v) is 21.1. The number of Topliss-reactive ketones (excluding diaryl/α,β-unsaturated/α-hetero) is 1. The van der Waals surface area contributed by atoms with E-state index in [1.165, 1.54) is 38.4 Å². The van der Waals surface area contributed by atoms with Crippen molar-refractivity contribution in [1.82, 2.24) is 20.2 Å². The molecule has 0 radical (unpaired) electrons. The van der Waals surface area contributed by atoms with Gasteiger partial charge in [-0.3, -0.25) is 14.4 Å². The Bertz CT molecular complexity index is 1370. The first-order valence-electron chi connectivity index (χ1n) is 12.0. The minimum atomic E-state index is -4.80. The average molecular weight is 542 g/mol. The SMILES string of the molecule is CN(C)C(=O)C(=O)c1ccccc1Nc1nc(Nc2ccc(NC(=O)[C@@H]3CCCN3)cc2)ncc1C(F)(F)F. The summed E-state index contributed by atoms with van der Waals surface area (Å²) in [7, 11) is 2.79. The van der Waals surface area contributed by atoms with Gasteiger partial charge in [0, 0.05) is 31.7 Å². The molecule has 2 aromatic carbocycles. The highest BCUT2D eigenvalue weighted by atomic mass is 19.4. The molecule has 4 rings (SSSR count). The number of likely N-dealkylation sites (N-methyl/N-ethyl adjacent to an activating group) is 1. The molecule has 2 amide bonds. The topological polar surface area (TPSA) is 128 Å². The number of benzene rings is 2. The van der Waals surface area contributed by atoms with Crippen LogP contribution in [0.1, 0.15) is 28.8 Å². The van der Waals surface area contributed by atoms with E-state index >= 15 is 0 Å². The summed E-state index contributed by atoms with van der Waals surface area (Å²) in [6.07, 6.45) is -2.48. The predicted octanol–water partition coefficient (Wildman–Crippen LogP) is 3.94. The molecule has 0 aliphatic carbocycles. The number of ketones is 1. The van der Waals surface area contributed by atoms with Gasteiger partial charge < -0.3 is 26.2 Å². The zero-order chi connectivity index (χ0) is 28.2. The first kappa shape index (κ1) is 27.5. The Kier molecular flexibility index (Phi) is 8.10. The van der Waals surface area contributed by atoms with E-state index in [2.05, 4.69) is 31.2 Å². The number of nitrogens with one attached hydrogen (secondary N) is 4. The van der Waals surface area contributed by atoms with Crippen LogP contribution in [0.15, 0.2) is 54.7 Å². The molecule has 4 N–H and O–H groups in total. The number of rotatable bonds is 8. The fourth-order valence-electron chi connectivity index (χ4n) is 3.88. The summed E-state index contributed by atoms with van der Waals surface area (Å²) in [6.45, 7) is 0.793. The van der Waals surface area contributed by atoms with Crippen LogP contribution in [0.4, 0.5) is 42.0 Å². The molecule has 1 aromatic heterocycles. The Morgan fingerprint density at radius 1 is 1.00 bits per heavy atom. The van der Waals surface area contributed by atoms with Crippen molar-refractivity contribution in [2.75, 3.05) is 36.6 Å². The van der Waals surface area contributed by atoms with Crippen LogP contribution in [0.3, 0.4) is 0 Å². The second kappa shape index (κ2) is 11.5. The van der Waals surface area contributed by atoms with Crippen molar-refractivity contribution < 1.29 is 27.6 Å². The minimum absolute atomic E-state index is 0.0234. The Morgan fingerprint density at radius 2 is 1.69 bits per heavy atom. The first-order valence-corrected chi connectivity index (χ1v) is 12.0. The lowest BCUT2D eigenvalue weighted by Gasteiger charge is -2.17. The molecule has 1 atom stereocenters. The van der Waals surface area contributed by atoms with E-state index in [1.807, 2.05) is 0 Å². The lowest BCUT2D eigenvalue weighted by molar-refractivity contribution is -0.137. The van der Waals surface area contributed by atoms with Gasteiger partial charge in [-0.15, -0.1) is 0 Å². The maximum absolute atomic E-state index is 13.8. The lowest BCUT2D eigenvalue weighted by Crippen LogP contribution is -2.35. The van der Waals surface area contributed by atoms with E-state index in [-0.39, 0.29) is 29.1 Å². The molecule has 2 heterocycles. The molecule has 1 aliphatic rings. The Morgan fingerprint density at radius 3 is 2.33 bits per heavy atom. The number of alkyl halides is 3. The highest BCUT2D eigenvalue weighted by molar-refractivity contribution is 6.43. The number of carbonyl (C=O) groups is 3. The molecule has 10 nitrogen and oxygen atoms in total. The smallest absolute Gasteiger partial charge is 0.342 e. The predicted molar refractivity (Wildman–Crippen MR) is 139 cm³/mol. The number of carbonyl (C=O) groups excluding carboxylic acids is 3. The summed E-state index contributed by atoms with van der Waals surface area (Å²) < 4.78 is 41.3. The Balaban J connectivity index is 1.56. The van der Waals surface area contributed by atoms with Crippen LogP contribution >= 0.6 is 0 Å². The number of halogens is 3. The van der Waals surface area contributed by atoms with Crippen molar-refractivity contribution in [3.8, 4) is 0 Å². The fraction of sp³-hybridized carbons (Fsp3) is 0.269. The molecule has 0 saturated carbocycles. The van der Waals surface area contributed by atoms with Crippen LogP contribution in [0.25, 0.3) is 0 Å². The third-order valence-corrected chi connectivity index (χ3v) is 5.90. The van der Waals surface area contributed by atoms with Crippen LogP contribution in [0, 0.1) is 0 Å². The number of anilines is 5. The second-order valence-electron chi connectivity index (χ2n) is 8.99. The van der Waals surface area contributed by atoms with E-state index in [0.717, 1.165) is 24.3 Å². The molecule has 1 aliphatic heterocycles. The van der Waals surface area contributed by atoms with Gasteiger partial charge in [0.15, 0.2) is 0 Å². The Labute approximate surface area is 222 Å². The zero-order valence-electron chi connectivity index (χ0n) is 21.1. The van der Waals surface area contributed by atoms with Crippen LogP contribution in [-0.4, -0.2) is 59.1 Å². The normalized spacial score (nSPS) is 14.9. The number of nitrogens with zero attached hydrogens (tertiary/aromatic N) is 3.